The number of carbonyl (C=O) groups excluding carboxylic acids is 1. The molecule has 19 heavy (non-hydrogen) atoms. The van der Waals surface area contributed by atoms with Crippen LogP contribution in [0.1, 0.15) is 68.1 Å². The summed E-state index contributed by atoms with van der Waals surface area (Å²) in [5.41, 5.74) is 1.38. The van der Waals surface area contributed by atoms with Crippen LogP contribution in [-0.2, 0) is 0 Å². The predicted octanol–water partition coefficient (Wildman–Crippen LogP) is 3.96. The third kappa shape index (κ3) is 4.12. The first-order chi connectivity index (χ1) is 9.19. The summed E-state index contributed by atoms with van der Waals surface area (Å²) in [4.78, 5) is 20.3. The minimum atomic E-state index is 0.144. The van der Waals surface area contributed by atoms with Crippen LogP contribution < -0.4 is 0 Å². The Labute approximate surface area is 115 Å². The zero-order chi connectivity index (χ0) is 13.7. The van der Waals surface area contributed by atoms with Gasteiger partial charge in [-0.2, -0.15) is 0 Å². The maximum absolute atomic E-state index is 12.0. The number of rotatable bonds is 5. The standard InChI is InChI=1S/C16H24N2O/c1-3-13-4-6-14(7-5-13)8-9-16(19)15-11-17-12(2)10-18-15/h10-11,13-14H,3-9H2,1-2H3. The van der Waals surface area contributed by atoms with Crippen LogP contribution in [0.3, 0.4) is 0 Å². The summed E-state index contributed by atoms with van der Waals surface area (Å²) in [5.74, 6) is 1.81. The minimum Gasteiger partial charge on any atom is -0.292 e. The van der Waals surface area contributed by atoms with Crippen molar-refractivity contribution < 1.29 is 4.79 Å². The molecule has 104 valence electrons. The van der Waals surface area contributed by atoms with Crippen LogP contribution in [0.15, 0.2) is 12.4 Å². The van der Waals surface area contributed by atoms with Crippen LogP contribution in [-0.4, -0.2) is 15.8 Å². The first-order valence-electron chi connectivity index (χ1n) is 7.51. The molecule has 0 aromatic carbocycles. The molecule has 3 heteroatoms. The molecule has 0 atom stereocenters. The topological polar surface area (TPSA) is 42.9 Å². The molecule has 1 heterocycles. The Morgan fingerprint density at radius 1 is 1.16 bits per heavy atom. The van der Waals surface area contributed by atoms with Crippen molar-refractivity contribution >= 4 is 5.78 Å². The van der Waals surface area contributed by atoms with E-state index in [1.807, 2.05) is 6.92 Å². The van der Waals surface area contributed by atoms with Crippen molar-refractivity contribution in [2.45, 2.75) is 58.8 Å². The van der Waals surface area contributed by atoms with Crippen molar-refractivity contribution in [2.75, 3.05) is 0 Å². The zero-order valence-corrected chi connectivity index (χ0v) is 12.1. The van der Waals surface area contributed by atoms with Crippen molar-refractivity contribution in [2.24, 2.45) is 11.8 Å². The van der Waals surface area contributed by atoms with Crippen molar-refractivity contribution in [3.63, 3.8) is 0 Å². The van der Waals surface area contributed by atoms with Gasteiger partial charge in [-0.15, -0.1) is 0 Å². The number of aryl methyl sites for hydroxylation is 1. The van der Waals surface area contributed by atoms with Crippen LogP contribution in [0.25, 0.3) is 0 Å². The number of ketones is 1. The van der Waals surface area contributed by atoms with E-state index in [0.717, 1.165) is 24.0 Å². The van der Waals surface area contributed by atoms with Gasteiger partial charge in [0.25, 0.3) is 0 Å². The first-order valence-corrected chi connectivity index (χ1v) is 7.51. The molecule has 0 spiro atoms. The fraction of sp³-hybridized carbons (Fsp3) is 0.688. The Bertz CT molecular complexity index is 405. The van der Waals surface area contributed by atoms with Gasteiger partial charge in [0.15, 0.2) is 5.78 Å². The van der Waals surface area contributed by atoms with Gasteiger partial charge in [-0.25, -0.2) is 4.98 Å². The number of aromatic nitrogens is 2. The van der Waals surface area contributed by atoms with Gasteiger partial charge in [0.1, 0.15) is 5.69 Å². The Kier molecular flexibility index (Phi) is 5.06. The highest BCUT2D eigenvalue weighted by atomic mass is 16.1. The second-order valence-corrected chi connectivity index (χ2v) is 5.80. The fourth-order valence-corrected chi connectivity index (χ4v) is 2.93. The van der Waals surface area contributed by atoms with Gasteiger partial charge in [0.2, 0.25) is 0 Å². The highest BCUT2D eigenvalue weighted by Gasteiger charge is 2.21. The van der Waals surface area contributed by atoms with E-state index in [-0.39, 0.29) is 5.78 Å². The van der Waals surface area contributed by atoms with Crippen molar-refractivity contribution in [3.8, 4) is 0 Å². The monoisotopic (exact) mass is 260 g/mol. The molecule has 1 fully saturated rings. The van der Waals surface area contributed by atoms with Crippen LogP contribution in [0.5, 0.6) is 0 Å². The summed E-state index contributed by atoms with van der Waals surface area (Å²) in [6, 6.07) is 0. The Hall–Kier alpha value is -1.25. The largest absolute Gasteiger partial charge is 0.292 e. The molecule has 1 aromatic heterocycles. The quantitative estimate of drug-likeness (QED) is 0.752. The molecule has 1 aromatic rings. The second-order valence-electron chi connectivity index (χ2n) is 5.80. The molecule has 0 bridgehead atoms. The van der Waals surface area contributed by atoms with Gasteiger partial charge in [-0.1, -0.05) is 39.0 Å². The van der Waals surface area contributed by atoms with E-state index in [1.54, 1.807) is 12.4 Å². The molecular weight excluding hydrogens is 236 g/mol. The summed E-state index contributed by atoms with van der Waals surface area (Å²) in [6.07, 6.45) is 11.5. The molecular formula is C16H24N2O. The SMILES string of the molecule is CCC1CCC(CCC(=O)c2cnc(C)cn2)CC1. The average Bonchev–Trinajstić information content (AvgIpc) is 2.46. The number of Topliss-reactive ketones (excluding diaryl/α,β-unsaturated/α-hetero) is 1. The zero-order valence-electron chi connectivity index (χ0n) is 12.1. The Balaban J connectivity index is 1.76. The third-order valence-corrected chi connectivity index (χ3v) is 4.39. The summed E-state index contributed by atoms with van der Waals surface area (Å²) in [5, 5.41) is 0. The van der Waals surface area contributed by atoms with E-state index < -0.39 is 0 Å². The molecule has 0 amide bonds. The molecule has 1 saturated carbocycles. The minimum absolute atomic E-state index is 0.144. The lowest BCUT2D eigenvalue weighted by Gasteiger charge is -2.27. The average molecular weight is 260 g/mol. The molecule has 1 aliphatic rings. The molecule has 2 rings (SSSR count). The number of hydrogen-bond donors (Lipinski definition) is 0. The third-order valence-electron chi connectivity index (χ3n) is 4.39. The molecule has 0 unspecified atom stereocenters. The van der Waals surface area contributed by atoms with Gasteiger partial charge in [0, 0.05) is 12.6 Å². The van der Waals surface area contributed by atoms with Gasteiger partial charge in [-0.05, 0) is 25.2 Å². The molecule has 3 nitrogen and oxygen atoms in total. The van der Waals surface area contributed by atoms with Gasteiger partial charge >= 0.3 is 0 Å². The van der Waals surface area contributed by atoms with Crippen molar-refractivity contribution in [1.82, 2.24) is 9.97 Å². The maximum atomic E-state index is 12.0. The van der Waals surface area contributed by atoms with E-state index >= 15 is 0 Å². The van der Waals surface area contributed by atoms with Gasteiger partial charge in [0.05, 0.1) is 11.9 Å². The highest BCUT2D eigenvalue weighted by molar-refractivity contribution is 5.93. The van der Waals surface area contributed by atoms with E-state index in [1.165, 1.54) is 32.1 Å². The van der Waals surface area contributed by atoms with E-state index in [9.17, 15) is 4.79 Å². The first kappa shape index (κ1) is 14.2. The summed E-state index contributed by atoms with van der Waals surface area (Å²) in [7, 11) is 0. The lowest BCUT2D eigenvalue weighted by molar-refractivity contribution is 0.0962. The van der Waals surface area contributed by atoms with Gasteiger partial charge < -0.3 is 0 Å². The summed E-state index contributed by atoms with van der Waals surface area (Å²) < 4.78 is 0. The van der Waals surface area contributed by atoms with E-state index in [0.29, 0.717) is 12.1 Å². The van der Waals surface area contributed by atoms with Crippen molar-refractivity contribution in [1.29, 1.82) is 0 Å². The predicted molar refractivity (Wildman–Crippen MR) is 76.1 cm³/mol. The molecule has 1 aliphatic carbocycles. The van der Waals surface area contributed by atoms with Gasteiger partial charge in [-0.3, -0.25) is 9.78 Å². The Morgan fingerprint density at radius 3 is 2.42 bits per heavy atom. The molecule has 0 N–H and O–H groups in total. The van der Waals surface area contributed by atoms with E-state index in [4.69, 9.17) is 0 Å². The normalized spacial score (nSPS) is 23.3. The van der Waals surface area contributed by atoms with Crippen LogP contribution >= 0.6 is 0 Å². The van der Waals surface area contributed by atoms with Crippen LogP contribution in [0.4, 0.5) is 0 Å². The van der Waals surface area contributed by atoms with Crippen molar-refractivity contribution in [3.05, 3.63) is 23.8 Å². The Morgan fingerprint density at radius 2 is 1.84 bits per heavy atom. The summed E-state index contributed by atoms with van der Waals surface area (Å²) in [6.45, 7) is 4.16. The smallest absolute Gasteiger partial charge is 0.182 e. The number of nitrogens with zero attached hydrogens (tertiary/aromatic N) is 2. The summed E-state index contributed by atoms with van der Waals surface area (Å²) >= 11 is 0. The van der Waals surface area contributed by atoms with Crippen LogP contribution in [0.2, 0.25) is 0 Å². The number of hydrogen-bond acceptors (Lipinski definition) is 3. The lowest BCUT2D eigenvalue weighted by Crippen LogP contribution is -2.15. The molecule has 0 radical (unpaired) electrons. The number of carbonyl (C=O) groups is 1. The van der Waals surface area contributed by atoms with E-state index in [2.05, 4.69) is 16.9 Å². The molecule has 0 aliphatic heterocycles. The van der Waals surface area contributed by atoms with Crippen LogP contribution in [0, 0.1) is 18.8 Å². The highest BCUT2D eigenvalue weighted by Crippen LogP contribution is 2.33. The maximum Gasteiger partial charge on any atom is 0.182 e. The fourth-order valence-electron chi connectivity index (χ4n) is 2.93. The molecule has 0 saturated heterocycles. The lowest BCUT2D eigenvalue weighted by atomic mass is 9.79. The second kappa shape index (κ2) is 6.78.